The minimum Gasteiger partial charge on any atom is -0.381 e. The number of hydrogen-bond acceptors (Lipinski definition) is 6. The van der Waals surface area contributed by atoms with Gasteiger partial charge < -0.3 is 21.1 Å². The molecule has 2 aliphatic heterocycles. The molecule has 1 amide bonds. The van der Waals surface area contributed by atoms with Crippen molar-refractivity contribution in [3.63, 3.8) is 0 Å². The second kappa shape index (κ2) is 14.3. The summed E-state index contributed by atoms with van der Waals surface area (Å²) in [5.74, 6) is -1.67. The maximum Gasteiger partial charge on any atom is 0.243 e. The summed E-state index contributed by atoms with van der Waals surface area (Å²) in [4.78, 5) is 13.8. The number of carbonyl (C=O) groups excluding carboxylic acids is 1. The molecule has 0 aromatic heterocycles. The van der Waals surface area contributed by atoms with E-state index in [-0.39, 0.29) is 40.6 Å². The van der Waals surface area contributed by atoms with Crippen molar-refractivity contribution in [1.82, 2.24) is 9.62 Å². The monoisotopic (exact) mass is 626 g/mol. The zero-order chi connectivity index (χ0) is 31.3. The van der Waals surface area contributed by atoms with E-state index in [1.165, 1.54) is 28.6 Å². The Morgan fingerprint density at radius 3 is 2.43 bits per heavy atom. The molecule has 0 spiro atoms. The number of ether oxygens (including phenoxy) is 1. The van der Waals surface area contributed by atoms with Crippen molar-refractivity contribution in [2.24, 2.45) is 11.7 Å². The van der Waals surface area contributed by atoms with Gasteiger partial charge in [-0.25, -0.2) is 17.2 Å². The highest BCUT2D eigenvalue weighted by Crippen LogP contribution is 2.35. The van der Waals surface area contributed by atoms with Crippen LogP contribution in [-0.2, 0) is 26.0 Å². The van der Waals surface area contributed by atoms with Crippen molar-refractivity contribution < 1.29 is 26.7 Å². The Hall–Kier alpha value is -3.22. The summed E-state index contributed by atoms with van der Waals surface area (Å²) in [5, 5.41) is 6.15. The second-order valence-electron chi connectivity index (χ2n) is 11.7. The van der Waals surface area contributed by atoms with Crippen LogP contribution in [0, 0.1) is 17.6 Å². The van der Waals surface area contributed by atoms with Gasteiger partial charge in [-0.1, -0.05) is 36.4 Å². The maximum atomic E-state index is 15.3. The molecule has 3 aromatic rings. The third kappa shape index (κ3) is 7.18. The first-order valence-corrected chi connectivity index (χ1v) is 16.6. The van der Waals surface area contributed by atoms with Crippen LogP contribution >= 0.6 is 0 Å². The number of carbonyl (C=O) groups is 1. The predicted molar refractivity (Wildman–Crippen MR) is 166 cm³/mol. The lowest BCUT2D eigenvalue weighted by atomic mass is 9.76. The molecule has 5 rings (SSSR count). The standard InChI is InChI=1S/C33H40F2N4O4S/c1-22-20-37-21-26(39(22)44(41,42)27-6-3-2-4-7-27)14-15-28-29(35)8-5-9-30(28)38-33(40)32(36)31(24-16-18-43-19-17-24)23-10-12-25(34)13-11-23/h2-13,22,24,26,31-32,37H,14-21,36H2,1H3,(H,38,40)/t22-,26-,31?,32-/m0/s1. The second-order valence-corrected chi connectivity index (χ2v) is 13.5. The number of sulfonamides is 1. The number of amides is 1. The van der Waals surface area contributed by atoms with Gasteiger partial charge in [0.05, 0.1) is 10.9 Å². The molecule has 236 valence electrons. The first-order valence-electron chi connectivity index (χ1n) is 15.1. The summed E-state index contributed by atoms with van der Waals surface area (Å²) >= 11 is 0. The van der Waals surface area contributed by atoms with Crippen LogP contribution in [-0.4, -0.2) is 63.1 Å². The van der Waals surface area contributed by atoms with E-state index in [0.717, 1.165) is 5.56 Å². The van der Waals surface area contributed by atoms with E-state index in [1.54, 1.807) is 48.5 Å². The van der Waals surface area contributed by atoms with Crippen LogP contribution in [0.2, 0.25) is 0 Å². The zero-order valence-electron chi connectivity index (χ0n) is 24.8. The van der Waals surface area contributed by atoms with Gasteiger partial charge in [-0.05, 0) is 80.5 Å². The topological polar surface area (TPSA) is 114 Å². The molecule has 0 bridgehead atoms. The van der Waals surface area contributed by atoms with Gasteiger partial charge in [0.15, 0.2) is 0 Å². The summed E-state index contributed by atoms with van der Waals surface area (Å²) in [7, 11) is -3.78. The molecule has 2 heterocycles. The molecular weight excluding hydrogens is 586 g/mol. The van der Waals surface area contributed by atoms with E-state index in [9.17, 15) is 17.6 Å². The molecule has 2 fully saturated rings. The summed E-state index contributed by atoms with van der Waals surface area (Å²) in [6, 6.07) is 17.1. The molecule has 11 heteroatoms. The number of nitrogens with zero attached hydrogens (tertiary/aromatic N) is 1. The van der Waals surface area contributed by atoms with Crippen molar-refractivity contribution in [2.75, 3.05) is 31.6 Å². The lowest BCUT2D eigenvalue weighted by molar-refractivity contribution is -0.118. The first-order chi connectivity index (χ1) is 21.2. The Kier molecular flexibility index (Phi) is 10.4. The van der Waals surface area contributed by atoms with Crippen molar-refractivity contribution in [3.05, 3.63) is 95.6 Å². The molecule has 8 nitrogen and oxygen atoms in total. The van der Waals surface area contributed by atoms with E-state index >= 15 is 4.39 Å². The molecule has 44 heavy (non-hydrogen) atoms. The van der Waals surface area contributed by atoms with E-state index in [1.807, 2.05) is 6.92 Å². The van der Waals surface area contributed by atoms with Crippen LogP contribution in [0.5, 0.6) is 0 Å². The SMILES string of the molecule is C[C@H]1CNC[C@H](CCc2c(F)cccc2NC(=O)[C@@H](N)C(c2ccc(F)cc2)C2CCOCC2)N1S(=O)(=O)c1ccccc1. The number of nitrogens with two attached hydrogens (primary N) is 1. The fourth-order valence-electron chi connectivity index (χ4n) is 6.53. The molecule has 4 atom stereocenters. The Morgan fingerprint density at radius 1 is 1.02 bits per heavy atom. The van der Waals surface area contributed by atoms with Gasteiger partial charge in [0.2, 0.25) is 15.9 Å². The molecule has 0 radical (unpaired) electrons. The number of halogens is 2. The number of rotatable bonds is 10. The molecular formula is C33H40F2N4O4S. The summed E-state index contributed by atoms with van der Waals surface area (Å²) in [6.07, 6.45) is 1.95. The van der Waals surface area contributed by atoms with Crippen LogP contribution in [0.1, 0.15) is 43.2 Å². The Morgan fingerprint density at radius 2 is 1.73 bits per heavy atom. The number of piperazine rings is 1. The minimum absolute atomic E-state index is 0.0558. The molecule has 0 aliphatic carbocycles. The summed E-state index contributed by atoms with van der Waals surface area (Å²) in [5.41, 5.74) is 7.95. The van der Waals surface area contributed by atoms with Gasteiger partial charge in [-0.15, -0.1) is 0 Å². The van der Waals surface area contributed by atoms with Crippen LogP contribution in [0.25, 0.3) is 0 Å². The Labute approximate surface area is 258 Å². The van der Waals surface area contributed by atoms with Gasteiger partial charge in [0.25, 0.3) is 0 Å². The number of benzene rings is 3. The van der Waals surface area contributed by atoms with Crippen LogP contribution < -0.4 is 16.4 Å². The molecule has 3 aromatic carbocycles. The number of anilines is 1. The van der Waals surface area contributed by atoms with Gasteiger partial charge in [-0.2, -0.15) is 4.31 Å². The van der Waals surface area contributed by atoms with Crippen molar-refractivity contribution >= 4 is 21.6 Å². The number of hydrogen-bond donors (Lipinski definition) is 3. The van der Waals surface area contributed by atoms with Gasteiger partial charge >= 0.3 is 0 Å². The summed E-state index contributed by atoms with van der Waals surface area (Å²) in [6.45, 7) is 3.88. The molecule has 1 unspecified atom stereocenters. The lowest BCUT2D eigenvalue weighted by Crippen LogP contribution is -2.58. The average Bonchev–Trinajstić information content (AvgIpc) is 3.02. The molecule has 4 N–H and O–H groups in total. The van der Waals surface area contributed by atoms with Gasteiger partial charge in [-0.3, -0.25) is 4.79 Å². The third-order valence-corrected chi connectivity index (χ3v) is 10.8. The van der Waals surface area contributed by atoms with Gasteiger partial charge in [0, 0.05) is 55.6 Å². The molecule has 2 aliphatic rings. The van der Waals surface area contributed by atoms with Gasteiger partial charge in [0.1, 0.15) is 11.6 Å². The van der Waals surface area contributed by atoms with E-state index in [2.05, 4.69) is 10.6 Å². The lowest BCUT2D eigenvalue weighted by Gasteiger charge is -2.40. The van der Waals surface area contributed by atoms with E-state index in [0.29, 0.717) is 51.3 Å². The zero-order valence-corrected chi connectivity index (χ0v) is 25.6. The van der Waals surface area contributed by atoms with Crippen molar-refractivity contribution in [2.45, 2.75) is 61.5 Å². The van der Waals surface area contributed by atoms with Crippen LogP contribution in [0.3, 0.4) is 0 Å². The smallest absolute Gasteiger partial charge is 0.243 e. The van der Waals surface area contributed by atoms with Crippen molar-refractivity contribution in [3.8, 4) is 0 Å². The fourth-order valence-corrected chi connectivity index (χ4v) is 8.39. The van der Waals surface area contributed by atoms with E-state index in [4.69, 9.17) is 10.5 Å². The number of nitrogens with one attached hydrogen (secondary N) is 2. The molecule has 0 saturated carbocycles. The molecule has 2 saturated heterocycles. The average molecular weight is 627 g/mol. The normalized spacial score (nSPS) is 21.5. The largest absolute Gasteiger partial charge is 0.381 e. The fraction of sp³-hybridized carbons (Fsp3) is 0.424. The van der Waals surface area contributed by atoms with Crippen molar-refractivity contribution in [1.29, 1.82) is 0 Å². The Balaban J connectivity index is 1.35. The summed E-state index contributed by atoms with van der Waals surface area (Å²) < 4.78 is 63.3. The van der Waals surface area contributed by atoms with Crippen LogP contribution in [0.15, 0.2) is 77.7 Å². The quantitative estimate of drug-likeness (QED) is 0.307. The van der Waals surface area contributed by atoms with Crippen LogP contribution in [0.4, 0.5) is 14.5 Å². The third-order valence-electron chi connectivity index (χ3n) is 8.76. The highest BCUT2D eigenvalue weighted by Gasteiger charge is 2.38. The predicted octanol–water partition coefficient (Wildman–Crippen LogP) is 4.42. The Bertz CT molecular complexity index is 1520. The maximum absolute atomic E-state index is 15.3. The first kappa shape index (κ1) is 32.2. The highest BCUT2D eigenvalue weighted by atomic mass is 32.2. The van der Waals surface area contributed by atoms with E-state index < -0.39 is 33.8 Å². The highest BCUT2D eigenvalue weighted by molar-refractivity contribution is 7.89. The minimum atomic E-state index is -3.78.